The molecule has 2 aliphatic rings. The Labute approximate surface area is 135 Å². The Kier molecular flexibility index (Phi) is 4.22. The first-order chi connectivity index (χ1) is 10.4. The monoisotopic (exact) mass is 340 g/mol. The number of rotatable bonds is 4. The summed E-state index contributed by atoms with van der Waals surface area (Å²) >= 11 is 1.49. The Morgan fingerprint density at radius 3 is 2.73 bits per heavy atom. The van der Waals surface area contributed by atoms with Crippen LogP contribution in [0.4, 0.5) is 0 Å². The third kappa shape index (κ3) is 2.89. The van der Waals surface area contributed by atoms with Gasteiger partial charge in [-0.2, -0.15) is 4.31 Å². The summed E-state index contributed by atoms with van der Waals surface area (Å²) in [5.41, 5.74) is 0.894. The Hall–Kier alpha value is -1.05. The van der Waals surface area contributed by atoms with Gasteiger partial charge in [0, 0.05) is 18.8 Å². The van der Waals surface area contributed by atoms with Crippen LogP contribution in [0, 0.1) is 6.92 Å². The van der Waals surface area contributed by atoms with Crippen LogP contribution in [-0.4, -0.2) is 54.3 Å². The van der Waals surface area contributed by atoms with Gasteiger partial charge in [0.05, 0.1) is 10.8 Å². The van der Waals surface area contributed by atoms with Gasteiger partial charge >= 0.3 is 0 Å². The van der Waals surface area contributed by atoms with E-state index in [1.165, 1.54) is 16.1 Å². The minimum absolute atomic E-state index is 0.0799. The zero-order valence-electron chi connectivity index (χ0n) is 12.7. The molecule has 0 bridgehead atoms. The topological polar surface area (TPSA) is 57.7 Å². The Morgan fingerprint density at radius 2 is 2.09 bits per heavy atom. The molecule has 0 radical (unpaired) electrons. The molecule has 1 aliphatic heterocycles. The molecule has 7 heteroatoms. The second kappa shape index (κ2) is 5.86. The summed E-state index contributed by atoms with van der Waals surface area (Å²) in [7, 11) is -1.85. The van der Waals surface area contributed by atoms with Gasteiger partial charge in [0.25, 0.3) is 0 Å². The summed E-state index contributed by atoms with van der Waals surface area (Å²) in [4.78, 5) is 14.6. The molecule has 1 aliphatic carbocycles. The molecule has 1 unspecified atom stereocenters. The van der Waals surface area contributed by atoms with Crippen LogP contribution in [0.5, 0.6) is 0 Å². The van der Waals surface area contributed by atoms with Gasteiger partial charge in [-0.05, 0) is 37.5 Å². The second-order valence-electron chi connectivity index (χ2n) is 5.90. The maximum absolute atomic E-state index is 12.9. The average molecular weight is 340 g/mol. The molecule has 3 rings (SSSR count). The molecule has 120 valence electrons. The second-order valence-corrected chi connectivity index (χ2v) is 8.79. The molecule has 22 heavy (non-hydrogen) atoms. The van der Waals surface area contributed by atoms with Crippen molar-refractivity contribution in [3.05, 3.63) is 29.8 Å². The molecule has 2 fully saturated rings. The highest BCUT2D eigenvalue weighted by Crippen LogP contribution is 2.32. The highest BCUT2D eigenvalue weighted by Gasteiger charge is 2.43. The third-order valence-electron chi connectivity index (χ3n) is 4.17. The number of amides is 1. The van der Waals surface area contributed by atoms with Crippen molar-refractivity contribution >= 4 is 27.7 Å². The number of sulfonamides is 1. The van der Waals surface area contributed by atoms with Crippen LogP contribution in [-0.2, 0) is 14.8 Å². The van der Waals surface area contributed by atoms with E-state index in [2.05, 4.69) is 0 Å². The lowest BCUT2D eigenvalue weighted by Crippen LogP contribution is -2.48. The molecule has 5 nitrogen and oxygen atoms in total. The molecule has 0 aromatic heterocycles. The van der Waals surface area contributed by atoms with E-state index in [9.17, 15) is 13.2 Å². The van der Waals surface area contributed by atoms with Gasteiger partial charge in [-0.25, -0.2) is 8.42 Å². The van der Waals surface area contributed by atoms with E-state index >= 15 is 0 Å². The number of aryl methyl sites for hydroxylation is 1. The molecular formula is C15H20N2O3S2. The van der Waals surface area contributed by atoms with Crippen molar-refractivity contribution in [2.24, 2.45) is 0 Å². The van der Waals surface area contributed by atoms with Gasteiger partial charge < -0.3 is 4.90 Å². The molecule has 1 heterocycles. The van der Waals surface area contributed by atoms with Crippen LogP contribution < -0.4 is 0 Å². The molecule has 1 aromatic carbocycles. The normalized spacial score (nSPS) is 22.7. The molecular weight excluding hydrogens is 320 g/mol. The van der Waals surface area contributed by atoms with Crippen molar-refractivity contribution in [3.8, 4) is 0 Å². The lowest BCUT2D eigenvalue weighted by molar-refractivity contribution is -0.133. The number of carbonyl (C=O) groups excluding carboxylic acids is 1. The smallest absolute Gasteiger partial charge is 0.244 e. The fourth-order valence-corrected chi connectivity index (χ4v) is 5.89. The van der Waals surface area contributed by atoms with E-state index in [4.69, 9.17) is 0 Å². The van der Waals surface area contributed by atoms with Gasteiger partial charge in [0.1, 0.15) is 6.04 Å². The van der Waals surface area contributed by atoms with Gasteiger partial charge in [-0.1, -0.05) is 12.1 Å². The van der Waals surface area contributed by atoms with Gasteiger partial charge in [-0.15, -0.1) is 11.8 Å². The Bertz CT molecular complexity index is 686. The van der Waals surface area contributed by atoms with E-state index in [1.807, 2.05) is 13.0 Å². The van der Waals surface area contributed by atoms with Crippen LogP contribution in [0.1, 0.15) is 18.4 Å². The largest absolute Gasteiger partial charge is 0.341 e. The summed E-state index contributed by atoms with van der Waals surface area (Å²) in [5.74, 6) is 0.787. The minimum Gasteiger partial charge on any atom is -0.341 e. The van der Waals surface area contributed by atoms with Crippen LogP contribution in [0.2, 0.25) is 0 Å². The average Bonchev–Trinajstić information content (AvgIpc) is 3.21. The van der Waals surface area contributed by atoms with Crippen molar-refractivity contribution in [2.75, 3.05) is 18.7 Å². The predicted molar refractivity (Wildman–Crippen MR) is 87.1 cm³/mol. The van der Waals surface area contributed by atoms with Crippen LogP contribution in [0.15, 0.2) is 29.2 Å². The van der Waals surface area contributed by atoms with Crippen LogP contribution >= 0.6 is 11.8 Å². The van der Waals surface area contributed by atoms with E-state index in [-0.39, 0.29) is 10.8 Å². The first-order valence-corrected chi connectivity index (χ1v) is 9.93. The zero-order valence-corrected chi connectivity index (χ0v) is 14.4. The fraction of sp³-hybridized carbons (Fsp3) is 0.533. The fourth-order valence-electron chi connectivity index (χ4n) is 2.65. The first-order valence-electron chi connectivity index (χ1n) is 7.34. The first kappa shape index (κ1) is 15.8. The van der Waals surface area contributed by atoms with E-state index in [1.54, 1.807) is 30.1 Å². The highest BCUT2D eigenvalue weighted by molar-refractivity contribution is 8.00. The quantitative estimate of drug-likeness (QED) is 0.837. The summed E-state index contributed by atoms with van der Waals surface area (Å²) in [6.45, 7) is 1.86. The number of hydrogen-bond acceptors (Lipinski definition) is 4. The minimum atomic E-state index is -3.63. The summed E-state index contributed by atoms with van der Waals surface area (Å²) < 4.78 is 27.1. The Morgan fingerprint density at radius 1 is 1.36 bits per heavy atom. The van der Waals surface area contributed by atoms with Crippen LogP contribution in [0.3, 0.4) is 0 Å². The Balaban J connectivity index is 1.87. The van der Waals surface area contributed by atoms with Crippen molar-refractivity contribution in [2.45, 2.75) is 36.7 Å². The van der Waals surface area contributed by atoms with Gasteiger partial charge in [0.2, 0.25) is 15.9 Å². The van der Waals surface area contributed by atoms with Gasteiger partial charge in [0.15, 0.2) is 0 Å². The predicted octanol–water partition coefficient (Wildman–Crippen LogP) is 1.68. The molecule has 1 atom stereocenters. The highest BCUT2D eigenvalue weighted by atomic mass is 32.2. The van der Waals surface area contributed by atoms with E-state index < -0.39 is 16.1 Å². The van der Waals surface area contributed by atoms with E-state index in [0.29, 0.717) is 17.7 Å². The maximum Gasteiger partial charge on any atom is 0.244 e. The standard InChI is InChI=1S/C15H20N2O3S2/c1-11-4-3-5-13(8-11)22(19,20)17-10-21-9-14(17)15(18)16(2)12-6-7-12/h3-5,8,12,14H,6-7,9-10H2,1-2H3. The summed E-state index contributed by atoms with van der Waals surface area (Å²) in [5, 5.41) is 0. The third-order valence-corrected chi connectivity index (χ3v) is 7.19. The molecule has 0 spiro atoms. The number of nitrogens with zero attached hydrogens (tertiary/aromatic N) is 2. The summed E-state index contributed by atoms with van der Waals surface area (Å²) in [6, 6.07) is 6.56. The molecule has 0 N–H and O–H groups in total. The van der Waals surface area contributed by atoms with Crippen molar-refractivity contribution in [3.63, 3.8) is 0 Å². The van der Waals surface area contributed by atoms with Crippen molar-refractivity contribution in [1.82, 2.24) is 9.21 Å². The number of benzene rings is 1. The number of carbonyl (C=O) groups is 1. The maximum atomic E-state index is 12.9. The van der Waals surface area contributed by atoms with Crippen molar-refractivity contribution in [1.29, 1.82) is 0 Å². The van der Waals surface area contributed by atoms with E-state index in [0.717, 1.165) is 18.4 Å². The summed E-state index contributed by atoms with van der Waals surface area (Å²) in [6.07, 6.45) is 2.04. The number of likely N-dealkylation sites (N-methyl/N-ethyl adjacent to an activating group) is 1. The van der Waals surface area contributed by atoms with Crippen LogP contribution in [0.25, 0.3) is 0 Å². The molecule has 1 saturated carbocycles. The molecule has 1 aromatic rings. The SMILES string of the molecule is Cc1cccc(S(=O)(=O)N2CSCC2C(=O)N(C)C2CC2)c1. The van der Waals surface area contributed by atoms with Crippen molar-refractivity contribution < 1.29 is 13.2 Å². The molecule has 1 saturated heterocycles. The van der Waals surface area contributed by atoms with Gasteiger partial charge in [-0.3, -0.25) is 4.79 Å². The zero-order chi connectivity index (χ0) is 15.9. The number of hydrogen-bond donors (Lipinski definition) is 0. The lowest BCUT2D eigenvalue weighted by atomic mass is 10.2. The molecule has 1 amide bonds. The lowest BCUT2D eigenvalue weighted by Gasteiger charge is -2.26. The number of thioether (sulfide) groups is 1.